The third-order valence-corrected chi connectivity index (χ3v) is 7.14. The molecule has 0 aromatic carbocycles. The highest BCUT2D eigenvalue weighted by molar-refractivity contribution is 8.00. The average Bonchev–Trinajstić information content (AvgIpc) is 3.38. The van der Waals surface area contributed by atoms with Crippen LogP contribution in [0.15, 0.2) is 41.0 Å². The molecule has 0 saturated carbocycles. The van der Waals surface area contributed by atoms with Crippen molar-refractivity contribution in [3.8, 4) is 0 Å². The van der Waals surface area contributed by atoms with Crippen molar-refractivity contribution in [2.24, 2.45) is 10.9 Å². The monoisotopic (exact) mass is 610 g/mol. The summed E-state index contributed by atoms with van der Waals surface area (Å²) in [4.78, 5) is 64.7. The number of aromatic nitrogens is 3. The van der Waals surface area contributed by atoms with Crippen LogP contribution < -0.4 is 26.5 Å². The summed E-state index contributed by atoms with van der Waals surface area (Å²) < 4.78 is 5.80. The van der Waals surface area contributed by atoms with Gasteiger partial charge >= 0.3 is 5.97 Å². The van der Waals surface area contributed by atoms with Gasteiger partial charge in [-0.15, -0.1) is 11.8 Å². The Balaban J connectivity index is 0.000000901. The van der Waals surface area contributed by atoms with Gasteiger partial charge in [-0.05, 0) is 12.5 Å². The number of hydrogen-bond donors (Lipinski definition) is 5. The molecular weight excluding hydrogens is 584 g/mol. The van der Waals surface area contributed by atoms with Gasteiger partial charge in [0.2, 0.25) is 11.5 Å². The first-order chi connectivity index (χ1) is 19.7. The molecule has 2 aromatic rings. The van der Waals surface area contributed by atoms with Gasteiger partial charge in [0.05, 0.1) is 0 Å². The number of β-lactam (4-membered cyclic amide) rings is 1. The van der Waals surface area contributed by atoms with Gasteiger partial charge in [0.15, 0.2) is 24.1 Å². The van der Waals surface area contributed by atoms with Gasteiger partial charge in [0.25, 0.3) is 18.3 Å². The Morgan fingerprint density at radius 1 is 1.37 bits per heavy atom. The predicted octanol–water partition coefficient (Wildman–Crippen LogP) is -2.89. The number of thioether (sulfide) groups is 1. The fourth-order valence-electron chi connectivity index (χ4n) is 3.61. The molecule has 7 N–H and O–H groups in total. The highest BCUT2D eigenvalue weighted by atomic mass is 32.2. The van der Waals surface area contributed by atoms with E-state index in [1.165, 1.54) is 16.7 Å². The minimum absolute atomic E-state index is 0.0236. The van der Waals surface area contributed by atoms with Crippen molar-refractivity contribution in [3.05, 3.63) is 47.2 Å². The lowest BCUT2D eigenvalue weighted by Gasteiger charge is -2.49. The zero-order valence-electron chi connectivity index (χ0n) is 21.4. The zero-order valence-corrected chi connectivity index (χ0v) is 23.0. The van der Waals surface area contributed by atoms with E-state index in [4.69, 9.17) is 36.1 Å². The SMILES string of the molecule is CCON=C(C(=O)NC1C(=O)N2C(C(=O)O)=C(C[n+]3ccc(CN)cc3)CS[C@H]12)c1nsc(N)n1.O=CO.O=C[O-]. The molecule has 1 saturated heterocycles. The second-order valence-electron chi connectivity index (χ2n) is 7.72. The number of aliphatic carboxylic acids is 1. The summed E-state index contributed by atoms with van der Waals surface area (Å²) in [6.07, 6.45) is 3.62. The van der Waals surface area contributed by atoms with Crippen molar-refractivity contribution in [3.63, 3.8) is 0 Å². The fraction of sp³-hybridized carbons (Fsp3) is 0.318. The molecule has 17 nitrogen and oxygen atoms in total. The summed E-state index contributed by atoms with van der Waals surface area (Å²) in [5.41, 5.74) is 12.5. The summed E-state index contributed by atoms with van der Waals surface area (Å²) in [5.74, 6) is -2.11. The second kappa shape index (κ2) is 15.8. The molecule has 2 aromatic heterocycles. The number of nitrogens with zero attached hydrogens (tertiary/aromatic N) is 5. The van der Waals surface area contributed by atoms with Gasteiger partial charge in [0, 0.05) is 48.0 Å². The molecule has 220 valence electrons. The Kier molecular flexibility index (Phi) is 12.6. The van der Waals surface area contributed by atoms with E-state index in [0.29, 0.717) is 24.4 Å². The van der Waals surface area contributed by atoms with Crippen molar-refractivity contribution in [1.29, 1.82) is 0 Å². The molecule has 0 spiro atoms. The molecule has 0 radical (unpaired) electrons. The number of oxime groups is 1. The van der Waals surface area contributed by atoms with Crippen LogP contribution in [0.1, 0.15) is 18.3 Å². The van der Waals surface area contributed by atoms with Crippen molar-refractivity contribution >= 4 is 64.9 Å². The van der Waals surface area contributed by atoms with Crippen LogP contribution in [0, 0.1) is 0 Å². The van der Waals surface area contributed by atoms with Gasteiger partial charge < -0.3 is 41.7 Å². The summed E-state index contributed by atoms with van der Waals surface area (Å²) in [6, 6.07) is 2.77. The van der Waals surface area contributed by atoms with Crippen molar-refractivity contribution < 1.29 is 48.7 Å². The number of nitrogens with one attached hydrogen (secondary N) is 1. The number of hydrogen-bond acceptors (Lipinski definition) is 14. The molecule has 1 unspecified atom stereocenters. The summed E-state index contributed by atoms with van der Waals surface area (Å²) in [6.45, 7) is 1.85. The normalized spacial score (nSPS) is 17.5. The largest absolute Gasteiger partial charge is 0.554 e. The molecule has 0 aliphatic carbocycles. The third-order valence-electron chi connectivity index (χ3n) is 5.26. The summed E-state index contributed by atoms with van der Waals surface area (Å²) >= 11 is 2.26. The standard InChI is InChI=1S/C20H22N8O5S2.2CH2O2/c1-2-33-25-12(15-24-20(22)35-26-15)16(29)23-13-17(30)28-14(19(31)32)11(9-34-18(13)28)8-27-5-3-10(7-21)4-6-27;2*2-1-3/h3-6,13,18H,2,7-9,21H2,1H3,(H3-,22,23,24,26,29,31,32);2*1H,(H,2,3)/t13?,18-;;/m1../s1. The molecule has 2 atom stereocenters. The maximum Gasteiger partial charge on any atom is 0.352 e. The summed E-state index contributed by atoms with van der Waals surface area (Å²) in [5, 5.41) is 31.0. The highest BCUT2D eigenvalue weighted by Gasteiger charge is 2.54. The molecule has 2 aliphatic rings. The Morgan fingerprint density at radius 2 is 2.00 bits per heavy atom. The first kappa shape index (κ1) is 32.6. The van der Waals surface area contributed by atoms with Crippen molar-refractivity contribution in [1.82, 2.24) is 19.6 Å². The minimum Gasteiger partial charge on any atom is -0.554 e. The van der Waals surface area contributed by atoms with Gasteiger partial charge in [0.1, 0.15) is 23.7 Å². The van der Waals surface area contributed by atoms with E-state index in [1.807, 2.05) is 29.1 Å². The molecular formula is C22H26N8O9S2. The van der Waals surface area contributed by atoms with Gasteiger partial charge in [-0.2, -0.15) is 9.36 Å². The molecule has 2 amide bonds. The van der Waals surface area contributed by atoms with Crippen LogP contribution in [0.3, 0.4) is 0 Å². The lowest BCUT2D eigenvalue weighted by atomic mass is 10.0. The van der Waals surface area contributed by atoms with E-state index in [1.54, 1.807) is 6.92 Å². The number of rotatable bonds is 9. The number of pyridine rings is 1. The van der Waals surface area contributed by atoms with Crippen LogP contribution in [0.4, 0.5) is 5.13 Å². The zero-order chi connectivity index (χ0) is 30.5. The van der Waals surface area contributed by atoms with Crippen LogP contribution in [0.25, 0.3) is 0 Å². The maximum atomic E-state index is 13.0. The number of carbonyl (C=O) groups excluding carboxylic acids is 3. The molecule has 2 aliphatic heterocycles. The van der Waals surface area contributed by atoms with Crippen LogP contribution in [0.5, 0.6) is 0 Å². The van der Waals surface area contributed by atoms with E-state index in [-0.39, 0.29) is 35.4 Å². The lowest BCUT2D eigenvalue weighted by Crippen LogP contribution is -2.71. The van der Waals surface area contributed by atoms with Crippen LogP contribution in [-0.2, 0) is 41.9 Å². The molecule has 0 bridgehead atoms. The molecule has 41 heavy (non-hydrogen) atoms. The quantitative estimate of drug-likeness (QED) is 0.0627. The highest BCUT2D eigenvalue weighted by Crippen LogP contribution is 2.40. The molecule has 4 heterocycles. The molecule has 19 heteroatoms. The van der Waals surface area contributed by atoms with E-state index in [0.717, 1.165) is 17.1 Å². The first-order valence-electron chi connectivity index (χ1n) is 11.5. The molecule has 4 rings (SSSR count). The Labute approximate surface area is 240 Å². The fourth-order valence-corrected chi connectivity index (χ4v) is 5.38. The van der Waals surface area contributed by atoms with Crippen molar-refractivity contribution in [2.45, 2.75) is 31.4 Å². The average molecular weight is 611 g/mol. The number of nitrogens with two attached hydrogens (primary N) is 2. The number of nitrogen functional groups attached to an aromatic ring is 1. The summed E-state index contributed by atoms with van der Waals surface area (Å²) in [7, 11) is 0. The number of carboxylic acid groups (broad SMARTS) is 3. The Bertz CT molecular complexity index is 1310. The van der Waals surface area contributed by atoms with Crippen LogP contribution in [-0.4, -0.2) is 84.7 Å². The number of amides is 2. The first-order valence-corrected chi connectivity index (χ1v) is 13.3. The van der Waals surface area contributed by atoms with Gasteiger partial charge in [-0.3, -0.25) is 19.3 Å². The van der Waals surface area contributed by atoms with E-state index >= 15 is 0 Å². The third kappa shape index (κ3) is 8.19. The number of carboxylic acids is 1. The lowest BCUT2D eigenvalue weighted by molar-refractivity contribution is -0.689. The van der Waals surface area contributed by atoms with Crippen molar-refractivity contribution in [2.75, 3.05) is 18.1 Å². The molecule has 1 fully saturated rings. The van der Waals surface area contributed by atoms with Gasteiger partial charge in [-0.25, -0.2) is 9.36 Å². The topological polar surface area (TPSA) is 267 Å². The van der Waals surface area contributed by atoms with E-state index in [2.05, 4.69) is 19.8 Å². The van der Waals surface area contributed by atoms with Crippen LogP contribution in [0.2, 0.25) is 0 Å². The second-order valence-corrected chi connectivity index (χ2v) is 9.61. The maximum absolute atomic E-state index is 13.0. The van der Waals surface area contributed by atoms with Crippen LogP contribution >= 0.6 is 23.3 Å². The number of fused-ring (bicyclic) bond motifs is 1. The number of carbonyl (C=O) groups is 5. The Hall–Kier alpha value is -4.62. The predicted molar refractivity (Wildman–Crippen MR) is 141 cm³/mol. The Morgan fingerprint density at radius 3 is 2.51 bits per heavy atom. The van der Waals surface area contributed by atoms with Gasteiger partial charge in [-0.1, -0.05) is 5.16 Å². The smallest absolute Gasteiger partial charge is 0.352 e. The minimum atomic E-state index is -1.21. The van der Waals surface area contributed by atoms with E-state index in [9.17, 15) is 19.5 Å². The van der Waals surface area contributed by atoms with E-state index < -0.39 is 35.7 Å². The number of anilines is 1.